The molecule has 21 heavy (non-hydrogen) atoms. The first-order chi connectivity index (χ1) is 8.56. The van der Waals surface area contributed by atoms with E-state index >= 15 is 0 Å². The monoisotopic (exact) mass is 343 g/mol. The highest BCUT2D eigenvalue weighted by atomic mass is 35.5. The van der Waals surface area contributed by atoms with Gasteiger partial charge in [-0.25, -0.2) is 0 Å². The van der Waals surface area contributed by atoms with Crippen LogP contribution in [0.25, 0.3) is 0 Å². The van der Waals surface area contributed by atoms with Gasteiger partial charge in [-0.3, -0.25) is 4.79 Å². The van der Waals surface area contributed by atoms with Gasteiger partial charge in [-0.15, -0.1) is 0 Å². The maximum atomic E-state index is 11.0. The van der Waals surface area contributed by atoms with Crippen molar-refractivity contribution >= 4 is 5.91 Å². The highest BCUT2D eigenvalue weighted by Crippen LogP contribution is 2.04. The molecule has 1 atom stereocenters. The molecule has 0 bridgehead atoms. The van der Waals surface area contributed by atoms with E-state index in [1.807, 2.05) is 0 Å². The predicted molar refractivity (Wildman–Crippen MR) is 78.6 cm³/mol. The summed E-state index contributed by atoms with van der Waals surface area (Å²) in [5, 5.41) is 12.9. The minimum absolute atomic E-state index is 0. The Morgan fingerprint density at radius 2 is 1.71 bits per heavy atom. The zero-order valence-electron chi connectivity index (χ0n) is 13.9. The Hall–Kier alpha value is -0.330. The molecular formula is C14H31Cl2N3O2. The quantitative estimate of drug-likeness (QED) is 0.249. The minimum Gasteiger partial charge on any atom is -1.00 e. The van der Waals surface area contributed by atoms with Crippen LogP contribution in [0.3, 0.4) is 0 Å². The third kappa shape index (κ3) is 15.9. The van der Waals surface area contributed by atoms with E-state index in [2.05, 4.69) is 47.1 Å². The van der Waals surface area contributed by atoms with Gasteiger partial charge >= 0.3 is 0 Å². The van der Waals surface area contributed by atoms with E-state index in [0.29, 0.717) is 6.54 Å². The maximum absolute atomic E-state index is 11.0. The van der Waals surface area contributed by atoms with Crippen molar-refractivity contribution in [3.63, 3.8) is 0 Å². The van der Waals surface area contributed by atoms with E-state index in [4.69, 9.17) is 0 Å². The first kappa shape index (κ1) is 25.6. The molecule has 128 valence electrons. The number of hydrogen-bond donors (Lipinski definition) is 2. The van der Waals surface area contributed by atoms with Crippen molar-refractivity contribution in [3.8, 4) is 0 Å². The standard InChI is InChI=1S/C14H30N3O2.2ClH/c1-7-14(19)15-9-8-10-17(5,6)12-13(18)11-16(2,3)4;;/h7,13,18H,1,8-12H2,2-6H3;2*1H/q+1;;/p-1. The summed E-state index contributed by atoms with van der Waals surface area (Å²) < 4.78 is 1.52. The first-order valence-corrected chi connectivity index (χ1v) is 6.76. The summed E-state index contributed by atoms with van der Waals surface area (Å²) in [7, 11) is 10.4. The molecule has 0 spiro atoms. The van der Waals surface area contributed by atoms with Crippen LogP contribution in [-0.2, 0) is 4.79 Å². The molecule has 0 aromatic carbocycles. The van der Waals surface area contributed by atoms with Crippen LogP contribution in [0.1, 0.15) is 6.42 Å². The van der Waals surface area contributed by atoms with Gasteiger partial charge in [0.1, 0.15) is 13.1 Å². The van der Waals surface area contributed by atoms with E-state index in [9.17, 15) is 9.90 Å². The molecule has 0 radical (unpaired) electrons. The number of likely N-dealkylation sites (N-methyl/N-ethyl adjacent to an activating group) is 2. The molecule has 0 aromatic rings. The number of rotatable bonds is 9. The lowest BCUT2D eigenvalue weighted by Crippen LogP contribution is -3.00. The topological polar surface area (TPSA) is 49.3 Å². The number of halogens is 2. The predicted octanol–water partition coefficient (Wildman–Crippen LogP) is -6.17. The number of aliphatic hydroxyl groups is 1. The Labute approximate surface area is 142 Å². The Balaban J connectivity index is -0.00000162. The summed E-state index contributed by atoms with van der Waals surface area (Å²) in [6.45, 7) is 6.46. The van der Waals surface area contributed by atoms with Crippen LogP contribution in [0, 0.1) is 0 Å². The smallest absolute Gasteiger partial charge is 0.243 e. The summed E-state index contributed by atoms with van der Waals surface area (Å²) in [6.07, 6.45) is 1.87. The van der Waals surface area contributed by atoms with E-state index in [1.54, 1.807) is 0 Å². The summed E-state index contributed by atoms with van der Waals surface area (Å²) in [4.78, 5) is 11.0. The van der Waals surface area contributed by atoms with Gasteiger partial charge in [0.2, 0.25) is 5.91 Å². The zero-order valence-corrected chi connectivity index (χ0v) is 15.4. The number of aliphatic hydroxyl groups excluding tert-OH is 1. The average molecular weight is 344 g/mol. The van der Waals surface area contributed by atoms with Crippen LogP contribution in [0.5, 0.6) is 0 Å². The summed E-state index contributed by atoms with van der Waals surface area (Å²) in [5.41, 5.74) is 0. The summed E-state index contributed by atoms with van der Waals surface area (Å²) >= 11 is 0. The van der Waals surface area contributed by atoms with Gasteiger partial charge in [-0.05, 0) is 6.08 Å². The van der Waals surface area contributed by atoms with Gasteiger partial charge < -0.3 is 44.2 Å². The maximum Gasteiger partial charge on any atom is 0.243 e. The van der Waals surface area contributed by atoms with Crippen molar-refractivity contribution in [1.82, 2.24) is 5.32 Å². The van der Waals surface area contributed by atoms with Crippen LogP contribution in [0.2, 0.25) is 0 Å². The number of hydrogen-bond acceptors (Lipinski definition) is 2. The van der Waals surface area contributed by atoms with Gasteiger partial charge in [0.25, 0.3) is 0 Å². The highest BCUT2D eigenvalue weighted by Gasteiger charge is 2.24. The van der Waals surface area contributed by atoms with Crippen molar-refractivity contribution in [1.29, 1.82) is 0 Å². The number of quaternary nitrogens is 2. The van der Waals surface area contributed by atoms with E-state index in [-0.39, 0.29) is 36.8 Å². The van der Waals surface area contributed by atoms with Gasteiger partial charge in [0.15, 0.2) is 6.10 Å². The summed E-state index contributed by atoms with van der Waals surface area (Å²) in [5.74, 6) is -0.129. The number of carbonyl (C=O) groups is 1. The van der Waals surface area contributed by atoms with Crippen molar-refractivity contribution in [3.05, 3.63) is 12.7 Å². The number of nitrogens with zero attached hydrogens (tertiary/aromatic N) is 2. The second-order valence-corrected chi connectivity index (χ2v) is 6.82. The molecule has 0 aliphatic heterocycles. The normalized spacial score (nSPS) is 12.7. The molecular weight excluding hydrogens is 313 g/mol. The molecule has 7 heteroatoms. The van der Waals surface area contributed by atoms with Gasteiger partial charge in [0, 0.05) is 13.0 Å². The van der Waals surface area contributed by atoms with E-state index in [1.165, 1.54) is 6.08 Å². The molecule has 0 aliphatic carbocycles. The molecule has 0 saturated carbocycles. The van der Waals surface area contributed by atoms with Crippen LogP contribution in [0.15, 0.2) is 12.7 Å². The molecule has 2 N–H and O–H groups in total. The largest absolute Gasteiger partial charge is 1.00 e. The van der Waals surface area contributed by atoms with Crippen molar-refractivity contribution in [2.75, 3.05) is 61.4 Å². The highest BCUT2D eigenvalue weighted by molar-refractivity contribution is 5.86. The molecule has 1 amide bonds. The van der Waals surface area contributed by atoms with Gasteiger partial charge in [0.05, 0.1) is 41.8 Å². The fraction of sp³-hybridized carbons (Fsp3) is 0.786. The zero-order chi connectivity index (χ0) is 15.1. The van der Waals surface area contributed by atoms with Crippen LogP contribution >= 0.6 is 0 Å². The SMILES string of the molecule is C=CC(=O)NCCC[N+](C)(C)CC(O)C[N+](C)(C)C.[Cl-].[Cl-]. The molecule has 0 rings (SSSR count). The second-order valence-electron chi connectivity index (χ2n) is 6.82. The fourth-order valence-corrected chi connectivity index (χ4v) is 2.14. The molecule has 0 aromatic heterocycles. The molecule has 5 nitrogen and oxygen atoms in total. The Kier molecular flexibility index (Phi) is 13.7. The molecule has 1 unspecified atom stereocenters. The van der Waals surface area contributed by atoms with Crippen molar-refractivity contribution in [2.45, 2.75) is 12.5 Å². The lowest BCUT2D eigenvalue weighted by molar-refractivity contribution is -0.907. The van der Waals surface area contributed by atoms with Crippen LogP contribution in [0.4, 0.5) is 0 Å². The minimum atomic E-state index is -0.308. The number of amides is 1. The molecule has 0 fully saturated rings. The van der Waals surface area contributed by atoms with Crippen molar-refractivity contribution in [2.24, 2.45) is 0 Å². The van der Waals surface area contributed by atoms with Crippen molar-refractivity contribution < 1.29 is 43.7 Å². The lowest BCUT2D eigenvalue weighted by atomic mass is 10.2. The molecule has 0 aliphatic rings. The fourth-order valence-electron chi connectivity index (χ4n) is 2.14. The van der Waals surface area contributed by atoms with Crippen LogP contribution in [-0.4, -0.2) is 87.5 Å². The number of carbonyl (C=O) groups excluding carboxylic acids is 1. The third-order valence-electron chi connectivity index (χ3n) is 2.89. The van der Waals surface area contributed by atoms with E-state index in [0.717, 1.165) is 35.0 Å². The second kappa shape index (κ2) is 11.3. The Morgan fingerprint density at radius 3 is 2.14 bits per heavy atom. The molecule has 0 saturated heterocycles. The Morgan fingerprint density at radius 1 is 1.19 bits per heavy atom. The van der Waals surface area contributed by atoms with Gasteiger partial charge in [-0.2, -0.15) is 0 Å². The summed E-state index contributed by atoms with van der Waals surface area (Å²) in [6, 6.07) is 0. The third-order valence-corrected chi connectivity index (χ3v) is 2.89. The van der Waals surface area contributed by atoms with Gasteiger partial charge in [-0.1, -0.05) is 6.58 Å². The van der Waals surface area contributed by atoms with E-state index < -0.39 is 0 Å². The lowest BCUT2D eigenvalue weighted by Gasteiger charge is -2.34. The Bertz CT molecular complexity index is 305. The average Bonchev–Trinajstić information content (AvgIpc) is 2.20. The number of nitrogens with one attached hydrogen (secondary N) is 1. The van der Waals surface area contributed by atoms with Crippen LogP contribution < -0.4 is 30.1 Å². The molecule has 0 heterocycles. The first-order valence-electron chi connectivity index (χ1n) is 6.76.